The van der Waals surface area contributed by atoms with Crippen molar-refractivity contribution in [1.82, 2.24) is 0 Å². The smallest absolute Gasteiger partial charge is 0.131 e. The van der Waals surface area contributed by atoms with Gasteiger partial charge in [0.05, 0.1) is 0 Å². The van der Waals surface area contributed by atoms with E-state index in [1.54, 1.807) is 0 Å². The maximum atomic E-state index is 5.91. The molecule has 0 aliphatic carbocycles. The quantitative estimate of drug-likeness (QED) is 0.755. The summed E-state index contributed by atoms with van der Waals surface area (Å²) < 4.78 is 5.91. The number of benzene rings is 3. The monoisotopic (exact) mass is 275 g/mol. The maximum absolute atomic E-state index is 5.91. The molecule has 2 N–H and O–H groups in total. The Morgan fingerprint density at radius 2 is 1.29 bits per heavy atom. The topological polar surface area (TPSA) is 35.2 Å². The van der Waals surface area contributed by atoms with E-state index in [0.717, 1.165) is 17.1 Å². The van der Waals surface area contributed by atoms with Gasteiger partial charge in [0.15, 0.2) is 0 Å². The van der Waals surface area contributed by atoms with Crippen LogP contribution in [0.4, 0.5) is 0 Å². The molecule has 0 radical (unpaired) electrons. The Kier molecular flexibility index (Phi) is 3.99. The molecule has 104 valence electrons. The van der Waals surface area contributed by atoms with Crippen LogP contribution < -0.4 is 10.5 Å². The fraction of sp³-hybridized carbons (Fsp3) is 0.0526. The molecule has 0 saturated carbocycles. The van der Waals surface area contributed by atoms with Crippen LogP contribution in [-0.2, 0) is 6.54 Å². The first-order valence-corrected chi connectivity index (χ1v) is 6.98. The lowest BCUT2D eigenvalue weighted by atomic mass is 10.1. The van der Waals surface area contributed by atoms with Crippen LogP contribution in [0.15, 0.2) is 78.9 Å². The fourth-order valence-corrected chi connectivity index (χ4v) is 2.25. The van der Waals surface area contributed by atoms with Crippen LogP contribution in [0.5, 0.6) is 11.5 Å². The predicted molar refractivity (Wildman–Crippen MR) is 86.3 cm³/mol. The Hall–Kier alpha value is -2.58. The van der Waals surface area contributed by atoms with Crippen LogP contribution >= 0.6 is 0 Å². The lowest BCUT2D eigenvalue weighted by Gasteiger charge is -2.10. The van der Waals surface area contributed by atoms with Crippen molar-refractivity contribution in [3.63, 3.8) is 0 Å². The molecule has 3 rings (SSSR count). The molecule has 0 atom stereocenters. The van der Waals surface area contributed by atoms with Crippen molar-refractivity contribution >= 4 is 0 Å². The highest BCUT2D eigenvalue weighted by atomic mass is 16.5. The molecule has 0 spiro atoms. The molecule has 21 heavy (non-hydrogen) atoms. The second-order valence-electron chi connectivity index (χ2n) is 4.80. The zero-order valence-electron chi connectivity index (χ0n) is 11.7. The molecule has 0 heterocycles. The van der Waals surface area contributed by atoms with Crippen molar-refractivity contribution < 1.29 is 4.74 Å². The minimum atomic E-state index is 0.471. The van der Waals surface area contributed by atoms with Gasteiger partial charge in [-0.05, 0) is 29.3 Å². The van der Waals surface area contributed by atoms with E-state index in [0.29, 0.717) is 6.54 Å². The SMILES string of the molecule is NCc1ccccc1Oc1ccc(-c2ccccc2)cc1. The minimum absolute atomic E-state index is 0.471. The lowest BCUT2D eigenvalue weighted by Crippen LogP contribution is -1.98. The summed E-state index contributed by atoms with van der Waals surface area (Å²) in [5.74, 6) is 1.63. The third-order valence-electron chi connectivity index (χ3n) is 3.38. The standard InChI is InChI=1S/C19H17NO/c20-14-17-8-4-5-9-19(17)21-18-12-10-16(11-13-18)15-6-2-1-3-7-15/h1-13H,14,20H2. The summed E-state index contributed by atoms with van der Waals surface area (Å²) in [5, 5.41) is 0. The third-order valence-corrected chi connectivity index (χ3v) is 3.38. The number of ether oxygens (including phenoxy) is 1. The molecule has 3 aromatic carbocycles. The Labute approximate surface area is 124 Å². The van der Waals surface area contributed by atoms with E-state index >= 15 is 0 Å². The van der Waals surface area contributed by atoms with E-state index in [9.17, 15) is 0 Å². The van der Waals surface area contributed by atoms with Gasteiger partial charge in [0.1, 0.15) is 11.5 Å². The first-order chi connectivity index (χ1) is 10.4. The van der Waals surface area contributed by atoms with Gasteiger partial charge in [0.25, 0.3) is 0 Å². The second kappa shape index (κ2) is 6.25. The molecule has 0 aliphatic heterocycles. The number of hydrogen-bond donors (Lipinski definition) is 1. The van der Waals surface area contributed by atoms with Crippen LogP contribution in [0.3, 0.4) is 0 Å². The Morgan fingerprint density at radius 3 is 2.00 bits per heavy atom. The molecule has 2 heteroatoms. The average Bonchev–Trinajstić information content (AvgIpc) is 2.57. The summed E-state index contributed by atoms with van der Waals surface area (Å²) in [6, 6.07) is 26.2. The Balaban J connectivity index is 1.82. The first kappa shape index (κ1) is 13.4. The summed E-state index contributed by atoms with van der Waals surface area (Å²) in [6.45, 7) is 0.471. The molecule has 0 bridgehead atoms. The van der Waals surface area contributed by atoms with Gasteiger partial charge in [-0.15, -0.1) is 0 Å². The number of para-hydroxylation sites is 1. The molecule has 3 aromatic rings. The van der Waals surface area contributed by atoms with Gasteiger partial charge in [0, 0.05) is 12.1 Å². The van der Waals surface area contributed by atoms with Crippen molar-refractivity contribution in [2.45, 2.75) is 6.54 Å². The minimum Gasteiger partial charge on any atom is -0.457 e. The summed E-state index contributed by atoms with van der Waals surface area (Å²) >= 11 is 0. The normalized spacial score (nSPS) is 10.3. The molecule has 0 aliphatic rings. The van der Waals surface area contributed by atoms with Crippen LogP contribution in [0.2, 0.25) is 0 Å². The zero-order valence-corrected chi connectivity index (χ0v) is 11.7. The van der Waals surface area contributed by atoms with Crippen molar-refractivity contribution in [3.05, 3.63) is 84.4 Å². The van der Waals surface area contributed by atoms with Crippen molar-refractivity contribution in [3.8, 4) is 22.6 Å². The largest absolute Gasteiger partial charge is 0.457 e. The van der Waals surface area contributed by atoms with E-state index in [4.69, 9.17) is 10.5 Å². The van der Waals surface area contributed by atoms with Crippen LogP contribution in [0.1, 0.15) is 5.56 Å². The second-order valence-corrected chi connectivity index (χ2v) is 4.80. The van der Waals surface area contributed by atoms with Gasteiger partial charge >= 0.3 is 0 Å². The van der Waals surface area contributed by atoms with E-state index in [1.165, 1.54) is 11.1 Å². The van der Waals surface area contributed by atoms with Crippen LogP contribution in [0.25, 0.3) is 11.1 Å². The number of hydrogen-bond acceptors (Lipinski definition) is 2. The van der Waals surface area contributed by atoms with E-state index in [-0.39, 0.29) is 0 Å². The molecule has 0 fully saturated rings. The van der Waals surface area contributed by atoms with Crippen LogP contribution in [-0.4, -0.2) is 0 Å². The molecular weight excluding hydrogens is 258 g/mol. The third kappa shape index (κ3) is 3.12. The van der Waals surface area contributed by atoms with Gasteiger partial charge < -0.3 is 10.5 Å². The summed E-state index contributed by atoms with van der Waals surface area (Å²) in [5.41, 5.74) is 9.11. The predicted octanol–water partition coefficient (Wildman–Crippen LogP) is 4.60. The summed E-state index contributed by atoms with van der Waals surface area (Å²) in [4.78, 5) is 0. The first-order valence-electron chi connectivity index (χ1n) is 6.98. The van der Waals surface area contributed by atoms with Gasteiger partial charge in [-0.1, -0.05) is 60.7 Å². The molecule has 0 unspecified atom stereocenters. The Bertz CT molecular complexity index is 705. The van der Waals surface area contributed by atoms with Gasteiger partial charge in [-0.3, -0.25) is 0 Å². The molecule has 2 nitrogen and oxygen atoms in total. The molecular formula is C19H17NO. The average molecular weight is 275 g/mol. The Morgan fingerprint density at radius 1 is 0.667 bits per heavy atom. The number of nitrogens with two attached hydrogens (primary N) is 1. The molecule has 0 aromatic heterocycles. The van der Waals surface area contributed by atoms with E-state index < -0.39 is 0 Å². The summed E-state index contributed by atoms with van der Waals surface area (Å²) in [7, 11) is 0. The highest BCUT2D eigenvalue weighted by molar-refractivity contribution is 5.64. The van der Waals surface area contributed by atoms with Gasteiger partial charge in [-0.25, -0.2) is 0 Å². The van der Waals surface area contributed by atoms with Crippen molar-refractivity contribution in [1.29, 1.82) is 0 Å². The maximum Gasteiger partial charge on any atom is 0.131 e. The van der Waals surface area contributed by atoms with Crippen LogP contribution in [0, 0.1) is 0 Å². The van der Waals surface area contributed by atoms with Gasteiger partial charge in [0.2, 0.25) is 0 Å². The summed E-state index contributed by atoms with van der Waals surface area (Å²) in [6.07, 6.45) is 0. The zero-order chi connectivity index (χ0) is 14.5. The fourth-order valence-electron chi connectivity index (χ4n) is 2.25. The van der Waals surface area contributed by atoms with Crippen molar-refractivity contribution in [2.24, 2.45) is 5.73 Å². The highest BCUT2D eigenvalue weighted by Crippen LogP contribution is 2.27. The van der Waals surface area contributed by atoms with Crippen molar-refractivity contribution in [2.75, 3.05) is 0 Å². The molecule has 0 amide bonds. The lowest BCUT2D eigenvalue weighted by molar-refractivity contribution is 0.476. The molecule has 0 saturated heterocycles. The number of rotatable bonds is 4. The van der Waals surface area contributed by atoms with E-state index in [1.807, 2.05) is 54.6 Å². The van der Waals surface area contributed by atoms with E-state index in [2.05, 4.69) is 24.3 Å². The van der Waals surface area contributed by atoms with Gasteiger partial charge in [-0.2, -0.15) is 0 Å². The highest BCUT2D eigenvalue weighted by Gasteiger charge is 2.03.